The van der Waals surface area contributed by atoms with Gasteiger partial charge in [-0.3, -0.25) is 4.68 Å². The SMILES string of the molecule is CN(C)c1cc2c(nc1Cl)CCCN2c1nn(C2CCOCC2)c2c1CNCC2. The quantitative estimate of drug-likeness (QED) is 0.776. The molecule has 7 nitrogen and oxygen atoms in total. The summed E-state index contributed by atoms with van der Waals surface area (Å²) >= 11 is 6.46. The van der Waals surface area contributed by atoms with Crippen molar-refractivity contribution in [2.75, 3.05) is 50.2 Å². The molecule has 0 radical (unpaired) electrons. The van der Waals surface area contributed by atoms with Gasteiger partial charge in [0.2, 0.25) is 0 Å². The molecule has 29 heavy (non-hydrogen) atoms. The lowest BCUT2D eigenvalue weighted by Gasteiger charge is -2.31. The lowest BCUT2D eigenvalue weighted by molar-refractivity contribution is 0.0653. The highest BCUT2D eigenvalue weighted by atomic mass is 35.5. The van der Waals surface area contributed by atoms with Gasteiger partial charge in [-0.1, -0.05) is 11.6 Å². The van der Waals surface area contributed by atoms with Crippen LogP contribution in [-0.2, 0) is 24.1 Å². The van der Waals surface area contributed by atoms with Crippen LogP contribution in [0.3, 0.4) is 0 Å². The van der Waals surface area contributed by atoms with Crippen molar-refractivity contribution in [1.29, 1.82) is 0 Å². The summed E-state index contributed by atoms with van der Waals surface area (Å²) in [5, 5.41) is 9.33. The highest BCUT2D eigenvalue weighted by molar-refractivity contribution is 6.32. The predicted octanol–water partition coefficient (Wildman–Crippen LogP) is 3.08. The van der Waals surface area contributed by atoms with Crippen molar-refractivity contribution in [3.05, 3.63) is 28.2 Å². The average Bonchev–Trinajstić information content (AvgIpc) is 3.13. The van der Waals surface area contributed by atoms with E-state index < -0.39 is 0 Å². The summed E-state index contributed by atoms with van der Waals surface area (Å²) in [5.74, 6) is 1.09. The van der Waals surface area contributed by atoms with Crippen LogP contribution in [-0.4, -0.2) is 55.2 Å². The fraction of sp³-hybridized carbons (Fsp3) is 0.619. The molecule has 0 aromatic carbocycles. The Bertz CT molecular complexity index is 905. The van der Waals surface area contributed by atoms with Gasteiger partial charge < -0.3 is 19.9 Å². The number of pyridine rings is 1. The van der Waals surface area contributed by atoms with Crippen molar-refractivity contribution in [3.63, 3.8) is 0 Å². The van der Waals surface area contributed by atoms with Gasteiger partial charge in [-0.25, -0.2) is 4.98 Å². The molecule has 2 aromatic heterocycles. The Morgan fingerprint density at radius 2 is 2.07 bits per heavy atom. The van der Waals surface area contributed by atoms with Gasteiger partial charge >= 0.3 is 0 Å². The van der Waals surface area contributed by atoms with Crippen LogP contribution in [0, 0.1) is 0 Å². The first-order chi connectivity index (χ1) is 14.1. The highest BCUT2D eigenvalue weighted by Gasteiger charge is 2.31. The molecule has 0 unspecified atom stereocenters. The molecule has 0 spiro atoms. The molecule has 156 valence electrons. The first kappa shape index (κ1) is 19.2. The third-order valence-electron chi connectivity index (χ3n) is 6.31. The topological polar surface area (TPSA) is 58.5 Å². The first-order valence-corrected chi connectivity index (χ1v) is 11.0. The number of nitrogens with zero attached hydrogens (tertiary/aromatic N) is 5. The zero-order valence-electron chi connectivity index (χ0n) is 17.2. The van der Waals surface area contributed by atoms with Gasteiger partial charge in [0.15, 0.2) is 11.0 Å². The fourth-order valence-electron chi connectivity index (χ4n) is 4.79. The van der Waals surface area contributed by atoms with Crippen LogP contribution < -0.4 is 15.1 Å². The number of hydrogen-bond donors (Lipinski definition) is 1. The molecule has 1 fully saturated rings. The molecule has 5 rings (SSSR count). The van der Waals surface area contributed by atoms with Crippen molar-refractivity contribution in [3.8, 4) is 0 Å². The second-order valence-corrected chi connectivity index (χ2v) is 8.74. The lowest BCUT2D eigenvalue weighted by atomic mass is 10.0. The number of anilines is 3. The first-order valence-electron chi connectivity index (χ1n) is 10.7. The third-order valence-corrected chi connectivity index (χ3v) is 6.59. The number of halogens is 1. The smallest absolute Gasteiger partial charge is 0.159 e. The molecule has 1 saturated heterocycles. The number of hydrogen-bond acceptors (Lipinski definition) is 6. The van der Waals surface area contributed by atoms with Gasteiger partial charge in [-0.05, 0) is 31.7 Å². The second kappa shape index (κ2) is 7.78. The lowest BCUT2D eigenvalue weighted by Crippen LogP contribution is -2.29. The minimum atomic E-state index is 0.439. The van der Waals surface area contributed by atoms with Crippen LogP contribution >= 0.6 is 11.6 Å². The molecular formula is C21H29ClN6O. The van der Waals surface area contributed by atoms with E-state index >= 15 is 0 Å². The van der Waals surface area contributed by atoms with Gasteiger partial charge in [-0.15, -0.1) is 0 Å². The Balaban J connectivity index is 1.60. The summed E-state index contributed by atoms with van der Waals surface area (Å²) in [5.41, 5.74) is 5.91. The molecule has 0 aliphatic carbocycles. The van der Waals surface area contributed by atoms with Crippen LogP contribution in [0.15, 0.2) is 6.07 Å². The van der Waals surface area contributed by atoms with E-state index in [1.807, 2.05) is 19.0 Å². The Morgan fingerprint density at radius 1 is 1.24 bits per heavy atom. The van der Waals surface area contributed by atoms with E-state index in [0.717, 1.165) is 87.8 Å². The van der Waals surface area contributed by atoms with Gasteiger partial charge in [0, 0.05) is 64.6 Å². The Hall–Kier alpha value is -1.83. The summed E-state index contributed by atoms with van der Waals surface area (Å²) < 4.78 is 7.91. The highest BCUT2D eigenvalue weighted by Crippen LogP contribution is 2.40. The van der Waals surface area contributed by atoms with Crippen molar-refractivity contribution in [1.82, 2.24) is 20.1 Å². The molecule has 0 saturated carbocycles. The molecule has 3 aliphatic heterocycles. The predicted molar refractivity (Wildman–Crippen MR) is 116 cm³/mol. The molecule has 0 amide bonds. The molecule has 5 heterocycles. The zero-order valence-corrected chi connectivity index (χ0v) is 18.0. The summed E-state index contributed by atoms with van der Waals surface area (Å²) in [6.07, 6.45) is 5.13. The molecular weight excluding hydrogens is 388 g/mol. The van der Waals surface area contributed by atoms with E-state index in [1.165, 1.54) is 11.3 Å². The summed E-state index contributed by atoms with van der Waals surface area (Å²) in [4.78, 5) is 9.13. The molecule has 8 heteroatoms. The van der Waals surface area contributed by atoms with Gasteiger partial charge in [-0.2, -0.15) is 5.10 Å². The standard InChI is InChI=1S/C21H29ClN6O/c1-26(2)19-12-18-16(24-20(19)22)4-3-9-27(18)21-15-13-23-8-5-17(15)28(25-21)14-6-10-29-11-7-14/h12,14,23H,3-11,13H2,1-2H3. The van der Waals surface area contributed by atoms with Crippen molar-refractivity contribution >= 4 is 28.8 Å². The Labute approximate surface area is 177 Å². The maximum atomic E-state index is 6.46. The van der Waals surface area contributed by atoms with Crippen LogP contribution in [0.1, 0.15) is 42.3 Å². The maximum absolute atomic E-state index is 6.46. The van der Waals surface area contributed by atoms with Gasteiger partial charge in [0.1, 0.15) is 0 Å². The van der Waals surface area contributed by atoms with Crippen molar-refractivity contribution in [2.45, 2.75) is 44.7 Å². The van der Waals surface area contributed by atoms with E-state index in [0.29, 0.717) is 11.2 Å². The average molecular weight is 417 g/mol. The Morgan fingerprint density at radius 3 is 2.86 bits per heavy atom. The van der Waals surface area contributed by atoms with Crippen LogP contribution in [0.2, 0.25) is 5.15 Å². The van der Waals surface area contributed by atoms with E-state index in [9.17, 15) is 0 Å². The van der Waals surface area contributed by atoms with Crippen LogP contribution in [0.4, 0.5) is 17.2 Å². The number of nitrogens with one attached hydrogen (secondary N) is 1. The second-order valence-electron chi connectivity index (χ2n) is 8.38. The normalized spacial score (nSPS) is 19.8. The fourth-order valence-corrected chi connectivity index (χ4v) is 5.11. The Kier molecular flexibility index (Phi) is 5.14. The summed E-state index contributed by atoms with van der Waals surface area (Å²) in [6.45, 7) is 4.50. The van der Waals surface area contributed by atoms with E-state index in [1.54, 1.807) is 0 Å². The number of fused-ring (bicyclic) bond motifs is 2. The van der Waals surface area contributed by atoms with Gasteiger partial charge in [0.25, 0.3) is 0 Å². The van der Waals surface area contributed by atoms with Gasteiger partial charge in [0.05, 0.1) is 23.1 Å². The third kappa shape index (κ3) is 3.39. The molecule has 0 atom stereocenters. The molecule has 0 bridgehead atoms. The minimum absolute atomic E-state index is 0.439. The zero-order chi connectivity index (χ0) is 20.0. The van der Waals surface area contributed by atoms with E-state index in [2.05, 4.69) is 21.0 Å². The van der Waals surface area contributed by atoms with Crippen LogP contribution in [0.25, 0.3) is 0 Å². The number of aryl methyl sites for hydroxylation is 1. The monoisotopic (exact) mass is 416 g/mol. The number of ether oxygens (including phenoxy) is 1. The number of rotatable bonds is 3. The largest absolute Gasteiger partial charge is 0.381 e. The molecule has 3 aliphatic rings. The molecule has 1 N–H and O–H groups in total. The van der Waals surface area contributed by atoms with E-state index in [-0.39, 0.29) is 0 Å². The van der Waals surface area contributed by atoms with Crippen molar-refractivity contribution in [2.24, 2.45) is 0 Å². The van der Waals surface area contributed by atoms with E-state index in [4.69, 9.17) is 26.4 Å². The maximum Gasteiger partial charge on any atom is 0.159 e. The summed E-state index contributed by atoms with van der Waals surface area (Å²) in [6, 6.07) is 2.62. The number of aromatic nitrogens is 3. The van der Waals surface area contributed by atoms with Crippen molar-refractivity contribution < 1.29 is 4.74 Å². The molecule has 2 aromatic rings. The minimum Gasteiger partial charge on any atom is -0.381 e. The van der Waals surface area contributed by atoms with Crippen LogP contribution in [0.5, 0.6) is 0 Å². The summed E-state index contributed by atoms with van der Waals surface area (Å²) in [7, 11) is 4.02.